The Balaban J connectivity index is 2.12. The monoisotopic (exact) mass is 307 g/mol. The maximum atomic E-state index is 12.1. The summed E-state index contributed by atoms with van der Waals surface area (Å²) in [5.74, 6) is -0.189. The third kappa shape index (κ3) is 3.50. The lowest BCUT2D eigenvalue weighted by Gasteiger charge is -2.15. The van der Waals surface area contributed by atoms with Gasteiger partial charge in [0.1, 0.15) is 5.69 Å². The molecule has 3 N–H and O–H groups in total. The van der Waals surface area contributed by atoms with Gasteiger partial charge in [0.2, 0.25) is 10.0 Å². The van der Waals surface area contributed by atoms with Crippen LogP contribution in [0.3, 0.4) is 0 Å². The highest BCUT2D eigenvalue weighted by Gasteiger charge is 2.14. The maximum Gasteiger partial charge on any atom is 0.268 e. The van der Waals surface area contributed by atoms with Crippen molar-refractivity contribution in [3.63, 3.8) is 0 Å². The number of nitrogens with zero attached hydrogens (tertiary/aromatic N) is 1. The van der Waals surface area contributed by atoms with E-state index in [1.165, 1.54) is 12.1 Å². The second-order valence-electron chi connectivity index (χ2n) is 4.81. The second kappa shape index (κ2) is 5.71. The second-order valence-corrected chi connectivity index (χ2v) is 6.37. The van der Waals surface area contributed by atoms with E-state index in [4.69, 9.17) is 5.14 Å². The molecule has 1 atom stereocenters. The Bertz CT molecular complexity index is 748. The standard InChI is InChI=1S/C14H17N3O3S/c1-10(16-14(18)13-4-3-9-17(13)2)11-5-7-12(8-6-11)21(15,19)20/h3-10H,1-2H3,(H,16,18)(H2,15,19,20). The smallest absolute Gasteiger partial charge is 0.268 e. The molecule has 6 nitrogen and oxygen atoms in total. The molecule has 1 amide bonds. The van der Waals surface area contributed by atoms with E-state index < -0.39 is 10.0 Å². The molecule has 112 valence electrons. The summed E-state index contributed by atoms with van der Waals surface area (Å²) in [6.07, 6.45) is 1.79. The van der Waals surface area contributed by atoms with Crippen molar-refractivity contribution in [3.8, 4) is 0 Å². The summed E-state index contributed by atoms with van der Waals surface area (Å²) in [5.41, 5.74) is 1.35. The fourth-order valence-electron chi connectivity index (χ4n) is 2.00. The molecular formula is C14H17N3O3S. The lowest BCUT2D eigenvalue weighted by Crippen LogP contribution is -2.28. The number of nitrogens with one attached hydrogen (secondary N) is 1. The molecule has 1 aromatic carbocycles. The molecule has 7 heteroatoms. The zero-order chi connectivity index (χ0) is 15.6. The van der Waals surface area contributed by atoms with Crippen molar-refractivity contribution >= 4 is 15.9 Å². The third-order valence-corrected chi connectivity index (χ3v) is 4.16. The Morgan fingerprint density at radius 1 is 1.24 bits per heavy atom. The summed E-state index contributed by atoms with van der Waals surface area (Å²) >= 11 is 0. The number of primary sulfonamides is 1. The first-order valence-corrected chi connectivity index (χ1v) is 7.88. The molecule has 0 saturated heterocycles. The molecule has 0 spiro atoms. The van der Waals surface area contributed by atoms with Crippen molar-refractivity contribution in [1.29, 1.82) is 0 Å². The van der Waals surface area contributed by atoms with Gasteiger partial charge < -0.3 is 9.88 Å². The highest BCUT2D eigenvalue weighted by molar-refractivity contribution is 7.89. The molecule has 0 saturated carbocycles. The van der Waals surface area contributed by atoms with Gasteiger partial charge in [0.15, 0.2) is 0 Å². The van der Waals surface area contributed by atoms with E-state index in [9.17, 15) is 13.2 Å². The minimum atomic E-state index is -3.70. The molecule has 0 fully saturated rings. The van der Waals surface area contributed by atoms with Crippen molar-refractivity contribution in [3.05, 3.63) is 53.9 Å². The number of hydrogen-bond acceptors (Lipinski definition) is 3. The SMILES string of the molecule is CC(NC(=O)c1cccn1C)c1ccc(S(N)(=O)=O)cc1. The number of carbonyl (C=O) groups excluding carboxylic acids is 1. The maximum absolute atomic E-state index is 12.1. The van der Waals surface area contributed by atoms with Crippen molar-refractivity contribution < 1.29 is 13.2 Å². The summed E-state index contributed by atoms with van der Waals surface area (Å²) < 4.78 is 24.1. The molecule has 1 aromatic heterocycles. The lowest BCUT2D eigenvalue weighted by atomic mass is 10.1. The van der Waals surface area contributed by atoms with Crippen LogP contribution in [0.4, 0.5) is 0 Å². The van der Waals surface area contributed by atoms with Gasteiger partial charge in [-0.1, -0.05) is 12.1 Å². The number of benzene rings is 1. The Hall–Kier alpha value is -2.12. The Kier molecular flexibility index (Phi) is 4.15. The van der Waals surface area contributed by atoms with Crippen molar-refractivity contribution in [2.24, 2.45) is 12.2 Å². The minimum Gasteiger partial charge on any atom is -0.347 e. The van der Waals surface area contributed by atoms with Crippen molar-refractivity contribution in [2.75, 3.05) is 0 Å². The fraction of sp³-hybridized carbons (Fsp3) is 0.214. The van der Waals surface area contributed by atoms with E-state index in [-0.39, 0.29) is 16.8 Å². The zero-order valence-corrected chi connectivity index (χ0v) is 12.6. The van der Waals surface area contributed by atoms with Crippen molar-refractivity contribution in [2.45, 2.75) is 17.9 Å². The molecule has 2 rings (SSSR count). The molecule has 0 aliphatic carbocycles. The van der Waals surface area contributed by atoms with Gasteiger partial charge in [0.25, 0.3) is 5.91 Å². The summed E-state index contributed by atoms with van der Waals surface area (Å²) in [5, 5.41) is 7.90. The Morgan fingerprint density at radius 3 is 2.33 bits per heavy atom. The largest absolute Gasteiger partial charge is 0.347 e. The van der Waals surface area contributed by atoms with Crippen LogP contribution >= 0.6 is 0 Å². The molecule has 2 aromatic rings. The van der Waals surface area contributed by atoms with Crippen LogP contribution in [-0.4, -0.2) is 18.9 Å². The van der Waals surface area contributed by atoms with Gasteiger partial charge in [-0.2, -0.15) is 0 Å². The molecule has 1 heterocycles. The minimum absolute atomic E-state index is 0.0483. The van der Waals surface area contributed by atoms with Crippen LogP contribution in [0.1, 0.15) is 29.0 Å². The van der Waals surface area contributed by atoms with Crippen LogP contribution in [0.15, 0.2) is 47.5 Å². The average Bonchev–Trinajstić information content (AvgIpc) is 2.84. The van der Waals surface area contributed by atoms with Crippen LogP contribution < -0.4 is 10.5 Å². The molecule has 0 aliphatic heterocycles. The van der Waals surface area contributed by atoms with Gasteiger partial charge in [-0.15, -0.1) is 0 Å². The van der Waals surface area contributed by atoms with Gasteiger partial charge in [-0.05, 0) is 36.8 Å². The van der Waals surface area contributed by atoms with Crippen LogP contribution in [0.25, 0.3) is 0 Å². The molecule has 0 bridgehead atoms. The molecule has 1 unspecified atom stereocenters. The van der Waals surface area contributed by atoms with E-state index in [1.54, 1.807) is 42.1 Å². The van der Waals surface area contributed by atoms with Gasteiger partial charge in [0.05, 0.1) is 10.9 Å². The Labute approximate surface area is 123 Å². The summed E-state index contributed by atoms with van der Waals surface area (Å²) in [6, 6.07) is 9.39. The average molecular weight is 307 g/mol. The predicted octanol–water partition coefficient (Wildman–Crippen LogP) is 1.16. The zero-order valence-electron chi connectivity index (χ0n) is 11.8. The number of aromatic nitrogens is 1. The van der Waals surface area contributed by atoms with Crippen LogP contribution in [0, 0.1) is 0 Å². The number of rotatable bonds is 4. The first-order valence-electron chi connectivity index (χ1n) is 6.34. The van der Waals surface area contributed by atoms with Crippen molar-refractivity contribution in [1.82, 2.24) is 9.88 Å². The highest BCUT2D eigenvalue weighted by atomic mass is 32.2. The van der Waals surface area contributed by atoms with E-state index in [2.05, 4.69) is 5.32 Å². The molecular weight excluding hydrogens is 290 g/mol. The number of nitrogens with two attached hydrogens (primary N) is 1. The molecule has 21 heavy (non-hydrogen) atoms. The number of sulfonamides is 1. The van der Waals surface area contributed by atoms with Gasteiger partial charge >= 0.3 is 0 Å². The fourth-order valence-corrected chi connectivity index (χ4v) is 2.51. The predicted molar refractivity (Wildman–Crippen MR) is 79.1 cm³/mol. The number of carbonyl (C=O) groups is 1. The third-order valence-electron chi connectivity index (χ3n) is 3.23. The quantitative estimate of drug-likeness (QED) is 0.887. The Morgan fingerprint density at radius 2 is 1.86 bits per heavy atom. The normalized spacial score (nSPS) is 12.9. The molecule has 0 aliphatic rings. The number of aryl methyl sites for hydroxylation is 1. The first-order chi connectivity index (χ1) is 9.79. The highest BCUT2D eigenvalue weighted by Crippen LogP contribution is 2.16. The van der Waals surface area contributed by atoms with Gasteiger partial charge in [0, 0.05) is 13.2 Å². The van der Waals surface area contributed by atoms with E-state index >= 15 is 0 Å². The van der Waals surface area contributed by atoms with E-state index in [0.29, 0.717) is 5.69 Å². The molecule has 0 radical (unpaired) electrons. The van der Waals surface area contributed by atoms with Crippen LogP contribution in [0.5, 0.6) is 0 Å². The van der Waals surface area contributed by atoms with Gasteiger partial charge in [-0.3, -0.25) is 4.79 Å². The van der Waals surface area contributed by atoms with E-state index in [1.807, 2.05) is 6.92 Å². The summed E-state index contributed by atoms with van der Waals surface area (Å²) in [6.45, 7) is 1.83. The lowest BCUT2D eigenvalue weighted by molar-refractivity contribution is 0.0931. The summed E-state index contributed by atoms with van der Waals surface area (Å²) in [7, 11) is -1.91. The van der Waals surface area contributed by atoms with E-state index in [0.717, 1.165) is 5.56 Å². The summed E-state index contributed by atoms with van der Waals surface area (Å²) in [4.78, 5) is 12.1. The topological polar surface area (TPSA) is 94.2 Å². The number of amides is 1. The van der Waals surface area contributed by atoms with Crippen LogP contribution in [0.2, 0.25) is 0 Å². The first kappa shape index (κ1) is 15.3. The van der Waals surface area contributed by atoms with Gasteiger partial charge in [-0.25, -0.2) is 13.6 Å². The number of hydrogen-bond donors (Lipinski definition) is 2. The van der Waals surface area contributed by atoms with Crippen LogP contribution in [-0.2, 0) is 17.1 Å².